The van der Waals surface area contributed by atoms with Gasteiger partial charge in [-0.1, -0.05) is 6.07 Å². The number of rotatable bonds is 4. The number of carbonyl (C=O) groups excluding carboxylic acids is 1. The van der Waals surface area contributed by atoms with Crippen LogP contribution in [0.3, 0.4) is 0 Å². The van der Waals surface area contributed by atoms with Gasteiger partial charge in [-0.2, -0.15) is 0 Å². The van der Waals surface area contributed by atoms with Crippen LogP contribution in [0.5, 0.6) is 0 Å². The van der Waals surface area contributed by atoms with Crippen molar-refractivity contribution in [1.82, 2.24) is 5.32 Å². The van der Waals surface area contributed by atoms with Gasteiger partial charge in [-0.05, 0) is 11.6 Å². The Morgan fingerprint density at radius 1 is 1.28 bits per heavy atom. The molecule has 2 N–H and O–H groups in total. The molecule has 0 aliphatic rings. The van der Waals surface area contributed by atoms with Crippen molar-refractivity contribution in [3.8, 4) is 0 Å². The van der Waals surface area contributed by atoms with E-state index in [4.69, 9.17) is 5.11 Å². The first-order valence-electron chi connectivity index (χ1n) is 4.95. The van der Waals surface area contributed by atoms with Crippen molar-refractivity contribution < 1.29 is 27.9 Å². The van der Waals surface area contributed by atoms with Crippen LogP contribution in [0.25, 0.3) is 0 Å². The smallest absolute Gasteiger partial charge is 0.326 e. The summed E-state index contributed by atoms with van der Waals surface area (Å²) in [5.74, 6) is -6.49. The van der Waals surface area contributed by atoms with Crippen LogP contribution >= 0.6 is 0 Å². The lowest BCUT2D eigenvalue weighted by Gasteiger charge is -2.13. The first-order valence-corrected chi connectivity index (χ1v) is 4.95. The van der Waals surface area contributed by atoms with Crippen molar-refractivity contribution in [2.45, 2.75) is 19.4 Å². The second-order valence-corrected chi connectivity index (χ2v) is 3.63. The highest BCUT2D eigenvalue weighted by Crippen LogP contribution is 2.16. The molecule has 98 valence electrons. The summed E-state index contributed by atoms with van der Waals surface area (Å²) in [6, 6.07) is 0.230. The Morgan fingerprint density at radius 2 is 1.89 bits per heavy atom. The van der Waals surface area contributed by atoms with E-state index in [0.29, 0.717) is 6.07 Å². The number of amides is 1. The lowest BCUT2D eigenvalue weighted by atomic mass is 10.0. The van der Waals surface area contributed by atoms with Crippen molar-refractivity contribution in [2.24, 2.45) is 0 Å². The highest BCUT2D eigenvalue weighted by molar-refractivity contribution is 5.82. The van der Waals surface area contributed by atoms with Crippen LogP contribution in [0.15, 0.2) is 12.1 Å². The molecule has 1 amide bonds. The van der Waals surface area contributed by atoms with Gasteiger partial charge in [0.2, 0.25) is 5.91 Å². The van der Waals surface area contributed by atoms with Crippen molar-refractivity contribution >= 4 is 11.9 Å². The molecule has 0 aliphatic heterocycles. The maximum Gasteiger partial charge on any atom is 0.326 e. The highest BCUT2D eigenvalue weighted by Gasteiger charge is 2.22. The summed E-state index contributed by atoms with van der Waals surface area (Å²) in [5, 5.41) is 10.9. The molecule has 18 heavy (non-hydrogen) atoms. The number of carbonyl (C=O) groups is 2. The predicted molar refractivity (Wildman–Crippen MR) is 55.3 cm³/mol. The highest BCUT2D eigenvalue weighted by atomic mass is 19.2. The summed E-state index contributed by atoms with van der Waals surface area (Å²) in [5.41, 5.74) is -0.324. The molecule has 0 radical (unpaired) electrons. The van der Waals surface area contributed by atoms with Crippen LogP contribution in [-0.2, 0) is 16.0 Å². The molecule has 1 aromatic rings. The van der Waals surface area contributed by atoms with Gasteiger partial charge < -0.3 is 10.4 Å². The molecule has 0 saturated heterocycles. The molecule has 0 aromatic heterocycles. The number of benzene rings is 1. The monoisotopic (exact) mass is 261 g/mol. The van der Waals surface area contributed by atoms with E-state index in [-0.39, 0.29) is 5.56 Å². The van der Waals surface area contributed by atoms with Gasteiger partial charge in [0.15, 0.2) is 17.5 Å². The van der Waals surface area contributed by atoms with E-state index in [9.17, 15) is 22.8 Å². The average Bonchev–Trinajstić information content (AvgIpc) is 2.28. The molecule has 1 rings (SSSR count). The lowest BCUT2D eigenvalue weighted by molar-refractivity contribution is -0.141. The van der Waals surface area contributed by atoms with E-state index in [1.165, 1.54) is 0 Å². The Kier molecular flexibility index (Phi) is 4.30. The number of halogens is 3. The third-order valence-corrected chi connectivity index (χ3v) is 2.21. The van der Waals surface area contributed by atoms with E-state index in [1.807, 2.05) is 0 Å². The fraction of sp³-hybridized carbons (Fsp3) is 0.273. The van der Waals surface area contributed by atoms with E-state index in [0.717, 1.165) is 13.0 Å². The Bertz CT molecular complexity index is 491. The molecule has 1 unspecified atom stereocenters. The molecule has 0 heterocycles. The van der Waals surface area contributed by atoms with Gasteiger partial charge in [0.05, 0.1) is 0 Å². The molecular formula is C11H10F3NO3. The minimum Gasteiger partial charge on any atom is -0.480 e. The molecular weight excluding hydrogens is 251 g/mol. The largest absolute Gasteiger partial charge is 0.480 e. The first-order chi connectivity index (χ1) is 8.32. The van der Waals surface area contributed by atoms with Crippen molar-refractivity contribution in [3.05, 3.63) is 35.1 Å². The molecule has 0 saturated carbocycles. The zero-order valence-electron chi connectivity index (χ0n) is 9.34. The zero-order valence-corrected chi connectivity index (χ0v) is 9.34. The summed E-state index contributed by atoms with van der Waals surface area (Å²) in [6.45, 7) is 1.09. The molecule has 0 aliphatic carbocycles. The molecule has 0 spiro atoms. The lowest BCUT2D eigenvalue weighted by Crippen LogP contribution is -2.41. The minimum atomic E-state index is -1.67. The van der Waals surface area contributed by atoms with E-state index < -0.39 is 41.8 Å². The second kappa shape index (κ2) is 5.52. The number of nitrogens with one attached hydrogen (secondary N) is 1. The number of hydrogen-bond acceptors (Lipinski definition) is 2. The van der Waals surface area contributed by atoms with Crippen LogP contribution in [0.2, 0.25) is 0 Å². The van der Waals surface area contributed by atoms with E-state index >= 15 is 0 Å². The summed E-state index contributed by atoms with van der Waals surface area (Å²) < 4.78 is 38.9. The van der Waals surface area contributed by atoms with Crippen LogP contribution < -0.4 is 5.32 Å². The summed E-state index contributed by atoms with van der Waals surface area (Å²) in [6.07, 6.45) is -0.474. The van der Waals surface area contributed by atoms with Gasteiger partial charge in [-0.3, -0.25) is 4.79 Å². The predicted octanol–water partition coefficient (Wildman–Crippen LogP) is 1.24. The summed E-state index contributed by atoms with van der Waals surface area (Å²) in [4.78, 5) is 21.6. The molecule has 0 fully saturated rings. The zero-order chi connectivity index (χ0) is 13.9. The number of aliphatic carboxylic acids is 1. The fourth-order valence-corrected chi connectivity index (χ4v) is 1.39. The van der Waals surface area contributed by atoms with Gasteiger partial charge in [-0.25, -0.2) is 18.0 Å². The van der Waals surface area contributed by atoms with Crippen LogP contribution in [0, 0.1) is 17.5 Å². The van der Waals surface area contributed by atoms with E-state index in [2.05, 4.69) is 5.32 Å². The molecule has 7 heteroatoms. The van der Waals surface area contributed by atoms with Gasteiger partial charge in [0, 0.05) is 13.3 Å². The molecule has 4 nitrogen and oxygen atoms in total. The Hall–Kier alpha value is -2.05. The molecule has 1 aromatic carbocycles. The van der Waals surface area contributed by atoms with E-state index in [1.54, 1.807) is 0 Å². The number of carboxylic acid groups (broad SMARTS) is 1. The van der Waals surface area contributed by atoms with Gasteiger partial charge in [0.1, 0.15) is 6.04 Å². The Morgan fingerprint density at radius 3 is 2.39 bits per heavy atom. The molecule has 0 bridgehead atoms. The van der Waals surface area contributed by atoms with Gasteiger partial charge in [-0.15, -0.1) is 0 Å². The quantitative estimate of drug-likeness (QED) is 0.801. The Labute approximate surface area is 100 Å². The summed E-state index contributed by atoms with van der Waals surface area (Å²) >= 11 is 0. The topological polar surface area (TPSA) is 66.4 Å². The maximum atomic E-state index is 13.3. The van der Waals surface area contributed by atoms with Gasteiger partial charge >= 0.3 is 5.97 Å². The fourth-order valence-electron chi connectivity index (χ4n) is 1.39. The third kappa shape index (κ3) is 3.22. The third-order valence-electron chi connectivity index (χ3n) is 2.21. The first kappa shape index (κ1) is 14.0. The number of carboxylic acids is 1. The maximum absolute atomic E-state index is 13.3. The molecule has 1 atom stereocenters. The average molecular weight is 261 g/mol. The normalized spacial score (nSPS) is 12.0. The second-order valence-electron chi connectivity index (χ2n) is 3.63. The van der Waals surface area contributed by atoms with Crippen molar-refractivity contribution in [3.63, 3.8) is 0 Å². The van der Waals surface area contributed by atoms with Crippen LogP contribution in [0.4, 0.5) is 13.2 Å². The van der Waals surface area contributed by atoms with Crippen LogP contribution in [-0.4, -0.2) is 23.0 Å². The summed E-state index contributed by atoms with van der Waals surface area (Å²) in [7, 11) is 0. The number of hydrogen-bond donors (Lipinski definition) is 2. The SMILES string of the molecule is CC(=O)NC(Cc1ccc(F)c(F)c1F)C(=O)O. The van der Waals surface area contributed by atoms with Crippen molar-refractivity contribution in [2.75, 3.05) is 0 Å². The van der Waals surface area contributed by atoms with Gasteiger partial charge in [0.25, 0.3) is 0 Å². The van der Waals surface area contributed by atoms with Crippen LogP contribution in [0.1, 0.15) is 12.5 Å². The van der Waals surface area contributed by atoms with Crippen molar-refractivity contribution in [1.29, 1.82) is 0 Å². The standard InChI is InChI=1S/C11H10F3NO3/c1-5(16)15-8(11(17)18)4-6-2-3-7(12)10(14)9(6)13/h2-3,8H,4H2,1H3,(H,15,16)(H,17,18). The minimum absolute atomic E-state index is 0.324. The Balaban J connectivity index is 2.98.